The summed E-state index contributed by atoms with van der Waals surface area (Å²) in [6.07, 6.45) is 3.57. The minimum Gasteiger partial charge on any atom is -0.303 e. The van der Waals surface area contributed by atoms with E-state index in [9.17, 15) is 9.59 Å². The molecule has 2 fully saturated rings. The van der Waals surface area contributed by atoms with Crippen LogP contribution in [0.3, 0.4) is 0 Å². The highest BCUT2D eigenvalue weighted by molar-refractivity contribution is 6.00. The maximum Gasteiger partial charge on any atom is 0.246 e. The Bertz CT molecular complexity index is 372. The van der Waals surface area contributed by atoms with Crippen LogP contribution < -0.4 is 5.32 Å². The Kier molecular flexibility index (Phi) is 5.16. The Balaban J connectivity index is 1.89. The van der Waals surface area contributed by atoms with Crippen molar-refractivity contribution in [2.45, 2.75) is 51.6 Å². The van der Waals surface area contributed by atoms with Crippen LogP contribution in [-0.2, 0) is 9.59 Å². The van der Waals surface area contributed by atoms with Gasteiger partial charge >= 0.3 is 0 Å². The minimum absolute atomic E-state index is 0.0597. The molecule has 0 bridgehead atoms. The molecule has 5 nitrogen and oxygen atoms in total. The molecule has 3 atom stereocenters. The first-order chi connectivity index (χ1) is 9.52. The van der Waals surface area contributed by atoms with Crippen molar-refractivity contribution in [1.82, 2.24) is 15.1 Å². The minimum atomic E-state index is -0.190. The first kappa shape index (κ1) is 15.4. The lowest BCUT2D eigenvalue weighted by Crippen LogP contribution is -2.56. The second-order valence-electron chi connectivity index (χ2n) is 6.13. The van der Waals surface area contributed by atoms with Gasteiger partial charge in [-0.15, -0.1) is 0 Å². The molecule has 20 heavy (non-hydrogen) atoms. The summed E-state index contributed by atoms with van der Waals surface area (Å²) in [7, 11) is 1.59. The highest BCUT2D eigenvalue weighted by Crippen LogP contribution is 2.21. The third kappa shape index (κ3) is 3.38. The number of carbonyl (C=O) groups excluding carboxylic acids is 2. The summed E-state index contributed by atoms with van der Waals surface area (Å²) in [6, 6.07) is 0.129. The molecule has 0 aromatic heterocycles. The van der Waals surface area contributed by atoms with Gasteiger partial charge in [-0.2, -0.15) is 0 Å². The lowest BCUT2D eigenvalue weighted by molar-refractivity contribution is -0.148. The van der Waals surface area contributed by atoms with Gasteiger partial charge in [-0.25, -0.2) is 0 Å². The van der Waals surface area contributed by atoms with Gasteiger partial charge in [0.2, 0.25) is 11.8 Å². The van der Waals surface area contributed by atoms with Crippen LogP contribution in [0.2, 0.25) is 0 Å². The summed E-state index contributed by atoms with van der Waals surface area (Å²) >= 11 is 0. The molecule has 0 saturated carbocycles. The predicted octanol–water partition coefficient (Wildman–Crippen LogP) is 0.844. The van der Waals surface area contributed by atoms with Gasteiger partial charge in [0.25, 0.3) is 0 Å². The third-order valence-corrected chi connectivity index (χ3v) is 4.81. The molecule has 1 N–H and O–H groups in total. The molecule has 2 saturated heterocycles. The van der Waals surface area contributed by atoms with E-state index in [-0.39, 0.29) is 17.9 Å². The number of likely N-dealkylation sites (N-methyl/N-ethyl adjacent to an activating group) is 1. The van der Waals surface area contributed by atoms with Crippen LogP contribution in [0.5, 0.6) is 0 Å². The normalized spacial score (nSPS) is 30.6. The van der Waals surface area contributed by atoms with E-state index < -0.39 is 0 Å². The fraction of sp³-hybridized carbons (Fsp3) is 0.867. The van der Waals surface area contributed by atoms with Crippen molar-refractivity contribution in [3.8, 4) is 0 Å². The van der Waals surface area contributed by atoms with Crippen molar-refractivity contribution in [2.24, 2.45) is 5.92 Å². The second kappa shape index (κ2) is 6.68. The van der Waals surface area contributed by atoms with Gasteiger partial charge in [-0.3, -0.25) is 14.5 Å². The summed E-state index contributed by atoms with van der Waals surface area (Å²) < 4.78 is 0. The number of imide groups is 1. The van der Waals surface area contributed by atoms with Crippen molar-refractivity contribution < 1.29 is 9.59 Å². The Labute approximate surface area is 121 Å². The molecular weight excluding hydrogens is 254 g/mol. The Hall–Kier alpha value is -0.940. The van der Waals surface area contributed by atoms with E-state index in [1.54, 1.807) is 7.05 Å². The van der Waals surface area contributed by atoms with E-state index in [2.05, 4.69) is 24.1 Å². The monoisotopic (exact) mass is 281 g/mol. The molecule has 2 amide bonds. The van der Waals surface area contributed by atoms with Gasteiger partial charge in [0.1, 0.15) is 0 Å². The molecule has 0 aromatic carbocycles. The van der Waals surface area contributed by atoms with E-state index in [1.165, 1.54) is 24.3 Å². The first-order valence-electron chi connectivity index (χ1n) is 7.81. The van der Waals surface area contributed by atoms with E-state index in [1.807, 2.05) is 0 Å². The van der Waals surface area contributed by atoms with Crippen molar-refractivity contribution in [3.05, 3.63) is 0 Å². The molecule has 0 aromatic rings. The number of nitrogens with zero attached hydrogens (tertiary/aromatic N) is 2. The van der Waals surface area contributed by atoms with Gasteiger partial charge in [0.15, 0.2) is 0 Å². The van der Waals surface area contributed by atoms with Crippen LogP contribution in [0.4, 0.5) is 0 Å². The number of hydrogen-bond donors (Lipinski definition) is 1. The zero-order valence-corrected chi connectivity index (χ0v) is 12.9. The quantitative estimate of drug-likeness (QED) is 0.776. The molecular formula is C15H27N3O2. The molecule has 2 heterocycles. The summed E-state index contributed by atoms with van der Waals surface area (Å²) in [4.78, 5) is 27.3. The Morgan fingerprint density at radius 3 is 2.80 bits per heavy atom. The van der Waals surface area contributed by atoms with Crippen molar-refractivity contribution in [1.29, 1.82) is 0 Å². The van der Waals surface area contributed by atoms with Gasteiger partial charge < -0.3 is 10.2 Å². The smallest absolute Gasteiger partial charge is 0.246 e. The summed E-state index contributed by atoms with van der Waals surface area (Å²) in [5, 5.41) is 3.46. The number of piperidine rings is 2. The maximum absolute atomic E-state index is 12.1. The van der Waals surface area contributed by atoms with Crippen LogP contribution in [0.1, 0.15) is 39.5 Å². The average Bonchev–Trinajstić information content (AvgIpc) is 2.48. The van der Waals surface area contributed by atoms with Gasteiger partial charge in [-0.05, 0) is 45.2 Å². The van der Waals surface area contributed by atoms with E-state index in [0.29, 0.717) is 24.8 Å². The standard InChI is InChI=1S/C15H27N3O2/c1-4-18-9-5-6-12(10-18)11(2)16-13-7-8-14(19)17(3)15(13)20/h11-13,16H,4-10H2,1-3H3. The Morgan fingerprint density at radius 1 is 1.35 bits per heavy atom. The lowest BCUT2D eigenvalue weighted by Gasteiger charge is -2.38. The van der Waals surface area contributed by atoms with Gasteiger partial charge in [0, 0.05) is 26.1 Å². The van der Waals surface area contributed by atoms with Crippen LogP contribution in [0.15, 0.2) is 0 Å². The van der Waals surface area contributed by atoms with Gasteiger partial charge in [0.05, 0.1) is 6.04 Å². The lowest BCUT2D eigenvalue weighted by atomic mass is 9.90. The average molecular weight is 281 g/mol. The molecule has 0 aliphatic carbocycles. The highest BCUT2D eigenvalue weighted by atomic mass is 16.2. The van der Waals surface area contributed by atoms with Crippen molar-refractivity contribution in [2.75, 3.05) is 26.7 Å². The zero-order valence-electron chi connectivity index (χ0n) is 12.9. The largest absolute Gasteiger partial charge is 0.303 e. The maximum atomic E-state index is 12.1. The molecule has 2 aliphatic rings. The topological polar surface area (TPSA) is 52.7 Å². The predicted molar refractivity (Wildman–Crippen MR) is 78.2 cm³/mol. The highest BCUT2D eigenvalue weighted by Gasteiger charge is 2.34. The first-order valence-corrected chi connectivity index (χ1v) is 7.81. The van der Waals surface area contributed by atoms with Crippen molar-refractivity contribution >= 4 is 11.8 Å². The van der Waals surface area contributed by atoms with Crippen LogP contribution in [-0.4, -0.2) is 60.4 Å². The van der Waals surface area contributed by atoms with E-state index in [0.717, 1.165) is 13.1 Å². The zero-order chi connectivity index (χ0) is 14.7. The SMILES string of the molecule is CCN1CCCC(C(C)NC2CCC(=O)N(C)C2=O)C1. The number of carbonyl (C=O) groups is 2. The summed E-state index contributed by atoms with van der Waals surface area (Å²) in [5.41, 5.74) is 0. The number of amides is 2. The van der Waals surface area contributed by atoms with E-state index >= 15 is 0 Å². The van der Waals surface area contributed by atoms with Crippen molar-refractivity contribution in [3.63, 3.8) is 0 Å². The van der Waals surface area contributed by atoms with Crippen LogP contribution in [0.25, 0.3) is 0 Å². The fourth-order valence-corrected chi connectivity index (χ4v) is 3.31. The molecule has 5 heteroatoms. The summed E-state index contributed by atoms with van der Waals surface area (Å²) in [6.45, 7) is 7.78. The Morgan fingerprint density at radius 2 is 2.10 bits per heavy atom. The fourth-order valence-electron chi connectivity index (χ4n) is 3.31. The number of hydrogen-bond acceptors (Lipinski definition) is 4. The third-order valence-electron chi connectivity index (χ3n) is 4.81. The van der Waals surface area contributed by atoms with Crippen LogP contribution >= 0.6 is 0 Å². The second-order valence-corrected chi connectivity index (χ2v) is 6.13. The summed E-state index contributed by atoms with van der Waals surface area (Å²) in [5.74, 6) is 0.464. The molecule has 2 aliphatic heterocycles. The van der Waals surface area contributed by atoms with E-state index in [4.69, 9.17) is 0 Å². The molecule has 3 unspecified atom stereocenters. The molecule has 114 valence electrons. The number of nitrogens with one attached hydrogen (secondary N) is 1. The number of likely N-dealkylation sites (tertiary alicyclic amines) is 2. The van der Waals surface area contributed by atoms with Gasteiger partial charge in [-0.1, -0.05) is 6.92 Å². The molecule has 0 spiro atoms. The molecule has 2 rings (SSSR count). The number of rotatable bonds is 4. The molecule has 0 radical (unpaired) electrons. The van der Waals surface area contributed by atoms with Crippen LogP contribution in [0, 0.1) is 5.92 Å².